The molecule has 1 rings (SSSR count). The number of rotatable bonds is 1. The molecule has 1 saturated heterocycles. The molecule has 1 aliphatic rings. The zero-order valence-electron chi connectivity index (χ0n) is 6.42. The Kier molecular flexibility index (Phi) is 2.37. The number of nitrogens with zero attached hydrogens (tertiary/aromatic N) is 1. The van der Waals surface area contributed by atoms with Crippen molar-refractivity contribution in [2.75, 3.05) is 13.1 Å². The third kappa shape index (κ3) is 1.87. The van der Waals surface area contributed by atoms with Crippen molar-refractivity contribution in [3.8, 4) is 12.3 Å². The topological polar surface area (TPSA) is 46.3 Å². The Balaban J connectivity index is 2.36. The molecular formula is C8H12N2O. The van der Waals surface area contributed by atoms with Crippen molar-refractivity contribution in [2.24, 2.45) is 11.7 Å². The second-order valence-corrected chi connectivity index (χ2v) is 2.85. The third-order valence-electron chi connectivity index (χ3n) is 2.00. The monoisotopic (exact) mass is 152 g/mol. The summed E-state index contributed by atoms with van der Waals surface area (Å²) < 4.78 is 0. The van der Waals surface area contributed by atoms with Gasteiger partial charge in [-0.05, 0) is 12.3 Å². The minimum atomic E-state index is -0.329. The zero-order valence-corrected chi connectivity index (χ0v) is 6.42. The van der Waals surface area contributed by atoms with Gasteiger partial charge in [-0.25, -0.2) is 4.79 Å². The van der Waals surface area contributed by atoms with Crippen LogP contribution in [0.2, 0.25) is 0 Å². The second kappa shape index (κ2) is 3.29. The first-order chi connectivity index (χ1) is 5.24. The fourth-order valence-electron chi connectivity index (χ4n) is 1.37. The Morgan fingerprint density at radius 2 is 2.55 bits per heavy atom. The summed E-state index contributed by atoms with van der Waals surface area (Å²) in [5.41, 5.74) is 5.09. The van der Waals surface area contributed by atoms with E-state index in [-0.39, 0.29) is 6.03 Å². The molecule has 1 unspecified atom stereocenters. The lowest BCUT2D eigenvalue weighted by atomic mass is 10.1. The number of urea groups is 1. The van der Waals surface area contributed by atoms with E-state index in [4.69, 9.17) is 12.2 Å². The standard InChI is InChI=1S/C8H12N2O/c1-2-3-7-4-5-10(6-7)8(9)11/h1,7H,3-6H2,(H2,9,11). The summed E-state index contributed by atoms with van der Waals surface area (Å²) in [5, 5.41) is 0. The lowest BCUT2D eigenvalue weighted by Crippen LogP contribution is -2.33. The summed E-state index contributed by atoms with van der Waals surface area (Å²) in [6.07, 6.45) is 6.89. The van der Waals surface area contributed by atoms with E-state index < -0.39 is 0 Å². The van der Waals surface area contributed by atoms with Gasteiger partial charge in [0.05, 0.1) is 0 Å². The maximum atomic E-state index is 10.6. The maximum absolute atomic E-state index is 10.6. The minimum absolute atomic E-state index is 0.329. The van der Waals surface area contributed by atoms with Gasteiger partial charge in [-0.3, -0.25) is 0 Å². The Morgan fingerprint density at radius 3 is 3.00 bits per heavy atom. The van der Waals surface area contributed by atoms with E-state index in [9.17, 15) is 4.79 Å². The molecule has 0 spiro atoms. The molecule has 0 aromatic heterocycles. The van der Waals surface area contributed by atoms with E-state index in [0.717, 1.165) is 25.9 Å². The normalized spacial score (nSPS) is 23.2. The molecule has 1 fully saturated rings. The van der Waals surface area contributed by atoms with Crippen LogP contribution in [0.3, 0.4) is 0 Å². The lowest BCUT2D eigenvalue weighted by molar-refractivity contribution is 0.217. The van der Waals surface area contributed by atoms with Crippen LogP contribution in [0.4, 0.5) is 4.79 Å². The van der Waals surface area contributed by atoms with Crippen LogP contribution in [0.25, 0.3) is 0 Å². The molecule has 3 nitrogen and oxygen atoms in total. The van der Waals surface area contributed by atoms with Crippen LogP contribution in [0.15, 0.2) is 0 Å². The first kappa shape index (κ1) is 7.93. The molecule has 0 aromatic rings. The van der Waals surface area contributed by atoms with Gasteiger partial charge in [0.1, 0.15) is 0 Å². The maximum Gasteiger partial charge on any atom is 0.314 e. The van der Waals surface area contributed by atoms with Gasteiger partial charge in [0.2, 0.25) is 0 Å². The SMILES string of the molecule is C#CCC1CCN(C(N)=O)C1. The van der Waals surface area contributed by atoms with Crippen molar-refractivity contribution in [1.82, 2.24) is 4.90 Å². The molecule has 2 amide bonds. The van der Waals surface area contributed by atoms with Gasteiger partial charge in [-0.15, -0.1) is 12.3 Å². The number of hydrogen-bond donors (Lipinski definition) is 1. The molecule has 1 atom stereocenters. The van der Waals surface area contributed by atoms with Gasteiger partial charge in [0, 0.05) is 19.5 Å². The summed E-state index contributed by atoms with van der Waals surface area (Å²) in [4.78, 5) is 12.3. The fraction of sp³-hybridized carbons (Fsp3) is 0.625. The van der Waals surface area contributed by atoms with Gasteiger partial charge >= 0.3 is 6.03 Å². The molecule has 0 bridgehead atoms. The van der Waals surface area contributed by atoms with Crippen molar-refractivity contribution >= 4 is 6.03 Å². The van der Waals surface area contributed by atoms with Crippen LogP contribution in [0.5, 0.6) is 0 Å². The molecule has 0 radical (unpaired) electrons. The summed E-state index contributed by atoms with van der Waals surface area (Å²) in [6, 6.07) is -0.329. The summed E-state index contributed by atoms with van der Waals surface area (Å²) >= 11 is 0. The molecule has 0 aliphatic carbocycles. The van der Waals surface area contributed by atoms with Gasteiger partial charge in [0.15, 0.2) is 0 Å². The van der Waals surface area contributed by atoms with Gasteiger partial charge < -0.3 is 10.6 Å². The molecular weight excluding hydrogens is 140 g/mol. The molecule has 1 heterocycles. The molecule has 0 aromatic carbocycles. The number of terminal acetylenes is 1. The van der Waals surface area contributed by atoms with Gasteiger partial charge in [-0.1, -0.05) is 0 Å². The van der Waals surface area contributed by atoms with E-state index in [2.05, 4.69) is 5.92 Å². The van der Waals surface area contributed by atoms with Crippen LogP contribution >= 0.6 is 0 Å². The third-order valence-corrected chi connectivity index (χ3v) is 2.00. The Labute approximate surface area is 66.5 Å². The van der Waals surface area contributed by atoms with Crippen molar-refractivity contribution < 1.29 is 4.79 Å². The average molecular weight is 152 g/mol. The summed E-state index contributed by atoms with van der Waals surface area (Å²) in [6.45, 7) is 1.50. The predicted octanol–water partition coefficient (Wildman–Crippen LogP) is 0.410. The molecule has 11 heavy (non-hydrogen) atoms. The van der Waals surface area contributed by atoms with E-state index in [1.807, 2.05) is 0 Å². The number of nitrogens with two attached hydrogens (primary N) is 1. The minimum Gasteiger partial charge on any atom is -0.351 e. The van der Waals surface area contributed by atoms with Crippen LogP contribution < -0.4 is 5.73 Å². The molecule has 2 N–H and O–H groups in total. The van der Waals surface area contributed by atoms with Crippen molar-refractivity contribution in [3.63, 3.8) is 0 Å². The first-order valence-corrected chi connectivity index (χ1v) is 3.72. The number of hydrogen-bond acceptors (Lipinski definition) is 1. The average Bonchev–Trinajstić information content (AvgIpc) is 2.37. The Hall–Kier alpha value is -1.17. The number of carbonyl (C=O) groups excluding carboxylic acids is 1. The highest BCUT2D eigenvalue weighted by Crippen LogP contribution is 2.18. The van der Waals surface area contributed by atoms with Crippen molar-refractivity contribution in [3.05, 3.63) is 0 Å². The molecule has 60 valence electrons. The quantitative estimate of drug-likeness (QED) is 0.543. The zero-order chi connectivity index (χ0) is 8.27. The summed E-state index contributed by atoms with van der Waals surface area (Å²) in [5.74, 6) is 3.06. The molecule has 0 saturated carbocycles. The fourth-order valence-corrected chi connectivity index (χ4v) is 1.37. The van der Waals surface area contributed by atoms with Crippen LogP contribution in [-0.4, -0.2) is 24.0 Å². The molecule has 3 heteroatoms. The van der Waals surface area contributed by atoms with Crippen LogP contribution in [0.1, 0.15) is 12.8 Å². The van der Waals surface area contributed by atoms with Crippen molar-refractivity contribution in [2.45, 2.75) is 12.8 Å². The lowest BCUT2D eigenvalue weighted by Gasteiger charge is -2.11. The Bertz CT molecular complexity index is 195. The van der Waals surface area contributed by atoms with Crippen LogP contribution in [0, 0.1) is 18.3 Å². The van der Waals surface area contributed by atoms with Gasteiger partial charge in [-0.2, -0.15) is 0 Å². The number of amides is 2. The number of likely N-dealkylation sites (tertiary alicyclic amines) is 1. The van der Waals surface area contributed by atoms with Gasteiger partial charge in [0.25, 0.3) is 0 Å². The van der Waals surface area contributed by atoms with E-state index in [0.29, 0.717) is 5.92 Å². The number of primary amides is 1. The van der Waals surface area contributed by atoms with E-state index >= 15 is 0 Å². The highest BCUT2D eigenvalue weighted by Gasteiger charge is 2.23. The highest BCUT2D eigenvalue weighted by atomic mass is 16.2. The first-order valence-electron chi connectivity index (χ1n) is 3.72. The predicted molar refractivity (Wildman–Crippen MR) is 42.7 cm³/mol. The Morgan fingerprint density at radius 1 is 1.82 bits per heavy atom. The van der Waals surface area contributed by atoms with Crippen LogP contribution in [-0.2, 0) is 0 Å². The van der Waals surface area contributed by atoms with Crippen molar-refractivity contribution in [1.29, 1.82) is 0 Å². The number of carbonyl (C=O) groups is 1. The largest absolute Gasteiger partial charge is 0.351 e. The highest BCUT2D eigenvalue weighted by molar-refractivity contribution is 5.72. The van der Waals surface area contributed by atoms with E-state index in [1.165, 1.54) is 0 Å². The molecule has 1 aliphatic heterocycles. The summed E-state index contributed by atoms with van der Waals surface area (Å²) in [7, 11) is 0. The second-order valence-electron chi connectivity index (χ2n) is 2.85. The smallest absolute Gasteiger partial charge is 0.314 e. The van der Waals surface area contributed by atoms with E-state index in [1.54, 1.807) is 4.90 Å².